The molecule has 0 saturated carbocycles. The maximum absolute atomic E-state index is 13.5. The molecule has 0 spiro atoms. The van der Waals surface area contributed by atoms with Crippen LogP contribution in [-0.4, -0.2) is 18.4 Å². The molecule has 3 rings (SSSR count). The van der Waals surface area contributed by atoms with E-state index in [4.69, 9.17) is 4.74 Å². The van der Waals surface area contributed by atoms with Gasteiger partial charge in [0.05, 0.1) is 5.56 Å². The summed E-state index contributed by atoms with van der Waals surface area (Å²) in [5, 5.41) is 0. The van der Waals surface area contributed by atoms with E-state index in [1.807, 2.05) is 42.5 Å². The van der Waals surface area contributed by atoms with Gasteiger partial charge in [-0.1, -0.05) is 66.7 Å². The summed E-state index contributed by atoms with van der Waals surface area (Å²) < 4.78 is 18.4. The van der Waals surface area contributed by atoms with E-state index in [-0.39, 0.29) is 11.3 Å². The van der Waals surface area contributed by atoms with Crippen molar-refractivity contribution >= 4 is 11.8 Å². The second-order valence-electron chi connectivity index (χ2n) is 5.42. The SMILES string of the molecule is O=C(COC(=O)c1ccccc1F)c1ccc(-c2ccccc2)cc1. The van der Waals surface area contributed by atoms with Crippen LogP contribution in [-0.2, 0) is 4.74 Å². The average molecular weight is 334 g/mol. The molecule has 0 unspecified atom stereocenters. The van der Waals surface area contributed by atoms with Crippen LogP contribution < -0.4 is 0 Å². The number of ether oxygens (including phenoxy) is 1. The molecule has 0 radical (unpaired) electrons. The van der Waals surface area contributed by atoms with E-state index in [9.17, 15) is 14.0 Å². The highest BCUT2D eigenvalue weighted by Crippen LogP contribution is 2.19. The van der Waals surface area contributed by atoms with E-state index in [1.54, 1.807) is 12.1 Å². The van der Waals surface area contributed by atoms with Gasteiger partial charge in [-0.3, -0.25) is 4.79 Å². The number of hydrogen-bond donors (Lipinski definition) is 0. The van der Waals surface area contributed by atoms with Crippen LogP contribution in [0.4, 0.5) is 4.39 Å². The number of carbonyl (C=O) groups is 2. The van der Waals surface area contributed by atoms with Gasteiger partial charge in [-0.05, 0) is 23.3 Å². The van der Waals surface area contributed by atoms with Gasteiger partial charge in [0, 0.05) is 5.56 Å². The number of ketones is 1. The number of hydrogen-bond acceptors (Lipinski definition) is 3. The Bertz CT molecular complexity index is 887. The minimum Gasteiger partial charge on any atom is -0.454 e. The molecule has 0 bridgehead atoms. The number of halogens is 1. The predicted molar refractivity (Wildman–Crippen MR) is 92.9 cm³/mol. The van der Waals surface area contributed by atoms with Crippen LogP contribution in [0, 0.1) is 5.82 Å². The van der Waals surface area contributed by atoms with Gasteiger partial charge in [-0.15, -0.1) is 0 Å². The van der Waals surface area contributed by atoms with Gasteiger partial charge in [0.25, 0.3) is 0 Å². The monoisotopic (exact) mass is 334 g/mol. The van der Waals surface area contributed by atoms with Crippen molar-refractivity contribution in [2.24, 2.45) is 0 Å². The average Bonchev–Trinajstić information content (AvgIpc) is 2.67. The van der Waals surface area contributed by atoms with Crippen molar-refractivity contribution in [3.63, 3.8) is 0 Å². The molecule has 0 aliphatic rings. The minimum atomic E-state index is -0.854. The Kier molecular flexibility index (Phi) is 5.00. The summed E-state index contributed by atoms with van der Waals surface area (Å²) in [7, 11) is 0. The van der Waals surface area contributed by atoms with E-state index >= 15 is 0 Å². The minimum absolute atomic E-state index is 0.185. The first-order valence-corrected chi connectivity index (χ1v) is 7.75. The zero-order chi connectivity index (χ0) is 17.6. The normalized spacial score (nSPS) is 10.3. The van der Waals surface area contributed by atoms with E-state index < -0.39 is 18.4 Å². The molecule has 0 aromatic heterocycles. The molecule has 0 heterocycles. The summed E-state index contributed by atoms with van der Waals surface area (Å²) in [6.45, 7) is -0.433. The van der Waals surface area contributed by atoms with Crippen molar-refractivity contribution in [3.05, 3.63) is 95.8 Å². The van der Waals surface area contributed by atoms with Crippen molar-refractivity contribution in [2.45, 2.75) is 0 Å². The lowest BCUT2D eigenvalue weighted by atomic mass is 10.0. The second kappa shape index (κ2) is 7.53. The lowest BCUT2D eigenvalue weighted by Gasteiger charge is -2.06. The third-order valence-electron chi connectivity index (χ3n) is 3.74. The van der Waals surface area contributed by atoms with Gasteiger partial charge in [-0.25, -0.2) is 9.18 Å². The number of carbonyl (C=O) groups excluding carboxylic acids is 2. The number of benzene rings is 3. The number of esters is 1. The van der Waals surface area contributed by atoms with E-state index in [0.717, 1.165) is 11.1 Å². The Morgan fingerprint density at radius 2 is 1.36 bits per heavy atom. The van der Waals surface area contributed by atoms with Gasteiger partial charge in [0.1, 0.15) is 5.82 Å². The highest BCUT2D eigenvalue weighted by molar-refractivity contribution is 5.99. The molecule has 0 aliphatic carbocycles. The summed E-state index contributed by atoms with van der Waals surface area (Å²) in [4.78, 5) is 24.0. The fraction of sp³-hybridized carbons (Fsp3) is 0.0476. The Morgan fingerprint density at radius 1 is 0.760 bits per heavy atom. The van der Waals surface area contributed by atoms with Gasteiger partial charge in [0.15, 0.2) is 12.4 Å². The highest BCUT2D eigenvalue weighted by atomic mass is 19.1. The molecule has 0 aliphatic heterocycles. The van der Waals surface area contributed by atoms with Crippen molar-refractivity contribution in [1.29, 1.82) is 0 Å². The van der Waals surface area contributed by atoms with Crippen molar-refractivity contribution in [1.82, 2.24) is 0 Å². The molecule has 0 N–H and O–H groups in total. The first-order valence-electron chi connectivity index (χ1n) is 7.75. The summed E-state index contributed by atoms with van der Waals surface area (Å²) in [6, 6.07) is 22.3. The first kappa shape index (κ1) is 16.6. The number of rotatable bonds is 5. The third kappa shape index (κ3) is 3.98. The molecule has 124 valence electrons. The second-order valence-corrected chi connectivity index (χ2v) is 5.42. The van der Waals surface area contributed by atoms with Crippen LogP contribution in [0.1, 0.15) is 20.7 Å². The maximum atomic E-state index is 13.5. The molecule has 0 atom stereocenters. The molecule has 3 aromatic carbocycles. The van der Waals surface area contributed by atoms with Crippen molar-refractivity contribution in [3.8, 4) is 11.1 Å². The van der Waals surface area contributed by atoms with Crippen LogP contribution in [0.3, 0.4) is 0 Å². The lowest BCUT2D eigenvalue weighted by molar-refractivity contribution is 0.0470. The molecular formula is C21H15FO3. The lowest BCUT2D eigenvalue weighted by Crippen LogP contribution is -2.15. The van der Waals surface area contributed by atoms with Crippen molar-refractivity contribution < 1.29 is 18.7 Å². The zero-order valence-electron chi connectivity index (χ0n) is 13.3. The summed E-state index contributed by atoms with van der Waals surface area (Å²) >= 11 is 0. The van der Waals surface area contributed by atoms with Crippen LogP contribution >= 0.6 is 0 Å². The van der Waals surface area contributed by atoms with Crippen LogP contribution in [0.25, 0.3) is 11.1 Å². The molecule has 0 fully saturated rings. The van der Waals surface area contributed by atoms with E-state index in [0.29, 0.717) is 5.56 Å². The molecule has 4 heteroatoms. The fourth-order valence-corrected chi connectivity index (χ4v) is 2.40. The summed E-state index contributed by atoms with van der Waals surface area (Å²) in [6.07, 6.45) is 0. The quantitative estimate of drug-likeness (QED) is 0.508. The standard InChI is InChI=1S/C21H15FO3/c22-19-9-5-4-8-18(19)21(24)25-14-20(23)17-12-10-16(11-13-17)15-6-2-1-3-7-15/h1-13H,14H2. The van der Waals surface area contributed by atoms with Crippen molar-refractivity contribution in [2.75, 3.05) is 6.61 Å². The smallest absolute Gasteiger partial charge is 0.341 e. The highest BCUT2D eigenvalue weighted by Gasteiger charge is 2.15. The van der Waals surface area contributed by atoms with Gasteiger partial charge in [-0.2, -0.15) is 0 Å². The maximum Gasteiger partial charge on any atom is 0.341 e. The number of Topliss-reactive ketones (excluding diaryl/α,β-unsaturated/α-hetero) is 1. The third-order valence-corrected chi connectivity index (χ3v) is 3.74. The molecule has 25 heavy (non-hydrogen) atoms. The topological polar surface area (TPSA) is 43.4 Å². The molecule has 3 aromatic rings. The van der Waals surface area contributed by atoms with Crippen LogP contribution in [0.2, 0.25) is 0 Å². The van der Waals surface area contributed by atoms with Crippen LogP contribution in [0.5, 0.6) is 0 Å². The summed E-state index contributed by atoms with van der Waals surface area (Å²) in [5.74, 6) is -1.87. The molecule has 0 saturated heterocycles. The van der Waals surface area contributed by atoms with Crippen LogP contribution in [0.15, 0.2) is 78.9 Å². The van der Waals surface area contributed by atoms with Gasteiger partial charge >= 0.3 is 5.97 Å². The first-order chi connectivity index (χ1) is 12.1. The van der Waals surface area contributed by atoms with Gasteiger partial charge in [0.2, 0.25) is 0 Å². The largest absolute Gasteiger partial charge is 0.454 e. The summed E-state index contributed by atoms with van der Waals surface area (Å²) in [5.41, 5.74) is 2.28. The Labute approximate surface area is 144 Å². The Hall–Kier alpha value is -3.27. The fourth-order valence-electron chi connectivity index (χ4n) is 2.40. The zero-order valence-corrected chi connectivity index (χ0v) is 13.3. The van der Waals surface area contributed by atoms with E-state index in [1.165, 1.54) is 24.3 Å². The predicted octanol–water partition coefficient (Wildman–Crippen LogP) is 4.53. The Balaban J connectivity index is 1.64. The molecule has 0 amide bonds. The molecular weight excluding hydrogens is 319 g/mol. The Morgan fingerprint density at radius 3 is 2.04 bits per heavy atom. The molecule has 3 nitrogen and oxygen atoms in total. The van der Waals surface area contributed by atoms with Gasteiger partial charge < -0.3 is 4.74 Å². The van der Waals surface area contributed by atoms with E-state index in [2.05, 4.69) is 0 Å².